The van der Waals surface area contributed by atoms with Crippen molar-refractivity contribution in [3.05, 3.63) is 246 Å². The van der Waals surface area contributed by atoms with Gasteiger partial charge in [0.05, 0.1) is 0 Å². The van der Waals surface area contributed by atoms with Crippen LogP contribution >= 0.6 is 0 Å². The maximum absolute atomic E-state index is 9.56. The molecule has 0 fully saturated rings. The molecule has 316 valence electrons. The molecule has 0 bridgehead atoms. The van der Waals surface area contributed by atoms with Crippen molar-refractivity contribution in [3.63, 3.8) is 0 Å². The number of hydrogen-bond donors (Lipinski definition) is 4. The molecule has 0 unspecified atom stereocenters. The van der Waals surface area contributed by atoms with E-state index in [9.17, 15) is 20.4 Å². The number of phenolic OH excluding ortho intramolecular Hbond substituents is 4. The molecule has 9 aromatic carbocycles. The van der Waals surface area contributed by atoms with Crippen molar-refractivity contribution in [2.24, 2.45) is 0 Å². The van der Waals surface area contributed by atoms with Gasteiger partial charge in [-0.3, -0.25) is 0 Å². The molecule has 0 amide bonds. The molecule has 9 rings (SSSR count). The van der Waals surface area contributed by atoms with Crippen molar-refractivity contribution in [1.29, 1.82) is 0 Å². The Labute approximate surface area is 388 Å². The summed E-state index contributed by atoms with van der Waals surface area (Å²) in [5, 5.41) is 38.3. The molecule has 0 spiro atoms. The fourth-order valence-corrected chi connectivity index (χ4v) is 6.75. The van der Waals surface area contributed by atoms with Gasteiger partial charge in [0.2, 0.25) is 0 Å². The minimum Gasteiger partial charge on any atom is -0.507 e. The average Bonchev–Trinajstić information content (AvgIpc) is 3.48. The average molecular weight is 864 g/mol. The van der Waals surface area contributed by atoms with Gasteiger partial charge in [0, 0.05) is 44.0 Å². The second-order valence-electron chi connectivity index (χ2n) is 14.7. The Bertz CT molecular complexity index is 2310. The minimum absolute atomic E-state index is 0. The van der Waals surface area contributed by atoms with Gasteiger partial charge in [0.25, 0.3) is 0 Å². The van der Waals surface area contributed by atoms with E-state index in [1.807, 2.05) is 194 Å². The Hall–Kier alpha value is -6.98. The fourth-order valence-electron chi connectivity index (χ4n) is 6.75. The van der Waals surface area contributed by atoms with E-state index in [1.54, 1.807) is 24.3 Å². The third kappa shape index (κ3) is 14.0. The zero-order valence-corrected chi connectivity index (χ0v) is 38.1. The molecule has 0 aliphatic carbocycles. The van der Waals surface area contributed by atoms with Gasteiger partial charge in [0.1, 0.15) is 23.0 Å². The monoisotopic (exact) mass is 863 g/mol. The summed E-state index contributed by atoms with van der Waals surface area (Å²) >= 11 is 0. The molecule has 0 heterocycles. The summed E-state index contributed by atoms with van der Waals surface area (Å²) in [7, 11) is 0. The molecule has 5 heteroatoms. The van der Waals surface area contributed by atoms with Gasteiger partial charge < -0.3 is 20.4 Å². The minimum atomic E-state index is 0. The molecule has 63 heavy (non-hydrogen) atoms. The Balaban J connectivity index is 0.000000173. The van der Waals surface area contributed by atoms with E-state index in [1.165, 1.54) is 27.8 Å². The Morgan fingerprint density at radius 2 is 0.444 bits per heavy atom. The van der Waals surface area contributed by atoms with Gasteiger partial charge >= 0.3 is 0 Å². The number of phenols is 4. The smallest absolute Gasteiger partial charge is 0.123 e. The second-order valence-corrected chi connectivity index (χ2v) is 14.7. The molecular weight excluding hydrogens is 809 g/mol. The van der Waals surface area contributed by atoms with Crippen molar-refractivity contribution in [2.45, 2.75) is 34.6 Å². The van der Waals surface area contributed by atoms with Crippen LogP contribution in [0, 0.1) is 34.6 Å². The molecular formula is C58H55O4Ti-. The Morgan fingerprint density at radius 3 is 0.603 bits per heavy atom. The van der Waals surface area contributed by atoms with Gasteiger partial charge in [0.15, 0.2) is 0 Å². The molecule has 0 saturated carbocycles. The third-order valence-electron chi connectivity index (χ3n) is 10.8. The first kappa shape index (κ1) is 48.7. The van der Waals surface area contributed by atoms with E-state index < -0.39 is 0 Å². The molecule has 0 aromatic heterocycles. The van der Waals surface area contributed by atoms with Crippen LogP contribution in [0.15, 0.2) is 218 Å². The van der Waals surface area contributed by atoms with Crippen LogP contribution in [0.4, 0.5) is 0 Å². The summed E-state index contributed by atoms with van der Waals surface area (Å²) in [6.45, 7) is 11.0. The van der Waals surface area contributed by atoms with Crippen LogP contribution in [0.5, 0.6) is 23.0 Å². The van der Waals surface area contributed by atoms with E-state index in [-0.39, 0.29) is 21.7 Å². The maximum atomic E-state index is 9.56. The van der Waals surface area contributed by atoms with Crippen LogP contribution in [0.2, 0.25) is 0 Å². The van der Waals surface area contributed by atoms with Gasteiger partial charge in [-0.1, -0.05) is 229 Å². The summed E-state index contributed by atoms with van der Waals surface area (Å²) < 4.78 is 0. The quantitative estimate of drug-likeness (QED) is 0.105. The fraction of sp³-hybridized carbons (Fsp3) is 0.0862. The molecule has 0 aliphatic heterocycles. The first-order valence-corrected chi connectivity index (χ1v) is 20.6. The van der Waals surface area contributed by atoms with E-state index in [0.717, 1.165) is 44.5 Å². The molecule has 0 atom stereocenters. The normalized spacial score (nSPS) is 9.79. The SMILES string of the molecule is Cc1c(C)c(C)[c-](C)c1C.Oc1ccccc1-c1ccccc1.Oc1ccccc1-c1ccccc1.Oc1ccccc1-c1ccccc1.Oc1ccccc1-c1ccccc1.[Ti]. The number of hydrogen-bond acceptors (Lipinski definition) is 4. The molecule has 0 aliphatic rings. The van der Waals surface area contributed by atoms with Gasteiger partial charge in [-0.25, -0.2) is 0 Å². The predicted molar refractivity (Wildman–Crippen MR) is 260 cm³/mol. The van der Waals surface area contributed by atoms with Gasteiger partial charge in [-0.05, 0) is 46.5 Å². The first-order valence-electron chi connectivity index (χ1n) is 20.6. The van der Waals surface area contributed by atoms with E-state index in [4.69, 9.17) is 0 Å². The van der Waals surface area contributed by atoms with Gasteiger partial charge in [-0.2, -0.15) is 27.8 Å². The second kappa shape index (κ2) is 25.1. The van der Waals surface area contributed by atoms with Crippen LogP contribution in [0.1, 0.15) is 27.8 Å². The predicted octanol–water partition coefficient (Wildman–Crippen LogP) is 15.2. The largest absolute Gasteiger partial charge is 0.507 e. The molecule has 0 radical (unpaired) electrons. The van der Waals surface area contributed by atoms with Crippen molar-refractivity contribution in [3.8, 4) is 67.5 Å². The van der Waals surface area contributed by atoms with Crippen LogP contribution in [-0.4, -0.2) is 20.4 Å². The number of benzene rings is 8. The summed E-state index contributed by atoms with van der Waals surface area (Å²) in [5.74, 6) is 1.31. The summed E-state index contributed by atoms with van der Waals surface area (Å²) in [4.78, 5) is 0. The van der Waals surface area contributed by atoms with Crippen LogP contribution in [0.25, 0.3) is 44.5 Å². The third-order valence-corrected chi connectivity index (χ3v) is 10.8. The zero-order chi connectivity index (χ0) is 44.3. The van der Waals surface area contributed by atoms with Crippen LogP contribution < -0.4 is 0 Å². The first-order chi connectivity index (χ1) is 30.1. The van der Waals surface area contributed by atoms with Crippen LogP contribution in [-0.2, 0) is 21.7 Å². The van der Waals surface area contributed by atoms with E-state index in [0.29, 0.717) is 23.0 Å². The number of rotatable bonds is 4. The molecule has 4 nitrogen and oxygen atoms in total. The molecule has 9 aromatic rings. The number of aromatic hydroxyl groups is 4. The van der Waals surface area contributed by atoms with E-state index in [2.05, 4.69) is 34.6 Å². The Morgan fingerprint density at radius 1 is 0.270 bits per heavy atom. The van der Waals surface area contributed by atoms with Crippen molar-refractivity contribution >= 4 is 0 Å². The molecule has 4 N–H and O–H groups in total. The van der Waals surface area contributed by atoms with E-state index >= 15 is 0 Å². The summed E-state index contributed by atoms with van der Waals surface area (Å²) in [5.41, 5.74) is 15.0. The standard InChI is InChI=1S/4C12H10O.C10H15.Ti/c4*13-12-9-5-4-8-11(12)10-6-2-1-3-7-10;1-6-7(2)9(4)10(5)8(6)3;/h4*1-9,13H;1-5H3;/q;;;;-1;. The van der Waals surface area contributed by atoms with Crippen molar-refractivity contribution < 1.29 is 42.1 Å². The van der Waals surface area contributed by atoms with Crippen LogP contribution in [0.3, 0.4) is 0 Å². The zero-order valence-electron chi connectivity index (χ0n) is 36.6. The van der Waals surface area contributed by atoms with Crippen molar-refractivity contribution in [1.82, 2.24) is 0 Å². The number of para-hydroxylation sites is 4. The Kier molecular flexibility index (Phi) is 19.4. The maximum Gasteiger partial charge on any atom is 0.123 e. The summed E-state index contributed by atoms with van der Waals surface area (Å²) in [6.07, 6.45) is 0. The van der Waals surface area contributed by atoms with Crippen molar-refractivity contribution in [2.75, 3.05) is 0 Å². The topological polar surface area (TPSA) is 80.9 Å². The summed E-state index contributed by atoms with van der Waals surface area (Å²) in [6, 6.07) is 68.8. The molecule has 0 saturated heterocycles. The van der Waals surface area contributed by atoms with Gasteiger partial charge in [-0.15, -0.1) is 0 Å².